The van der Waals surface area contributed by atoms with Gasteiger partial charge in [-0.05, 0) is 12.3 Å². The number of amides is 1. The third-order valence-corrected chi connectivity index (χ3v) is 3.35. The lowest BCUT2D eigenvalue weighted by Crippen LogP contribution is -2.41. The van der Waals surface area contributed by atoms with E-state index in [0.29, 0.717) is 18.1 Å². The van der Waals surface area contributed by atoms with E-state index in [1.54, 1.807) is 6.07 Å². The van der Waals surface area contributed by atoms with Crippen molar-refractivity contribution in [3.63, 3.8) is 0 Å². The van der Waals surface area contributed by atoms with Crippen molar-refractivity contribution in [2.24, 2.45) is 5.92 Å². The Kier molecular flexibility index (Phi) is 3.83. The summed E-state index contributed by atoms with van der Waals surface area (Å²) in [5, 5.41) is 15.3. The second-order valence-corrected chi connectivity index (χ2v) is 6.37. The average Bonchev–Trinajstić information content (AvgIpc) is 2.99. The van der Waals surface area contributed by atoms with Crippen molar-refractivity contribution < 1.29 is 19.2 Å². The van der Waals surface area contributed by atoms with Gasteiger partial charge in [0.2, 0.25) is 0 Å². The van der Waals surface area contributed by atoms with Crippen molar-refractivity contribution in [3.8, 4) is 0 Å². The van der Waals surface area contributed by atoms with Crippen LogP contribution in [-0.2, 0) is 10.2 Å². The second kappa shape index (κ2) is 5.26. The Hall–Kier alpha value is -1.85. The van der Waals surface area contributed by atoms with Gasteiger partial charge in [-0.3, -0.25) is 4.79 Å². The van der Waals surface area contributed by atoms with E-state index in [1.165, 1.54) is 0 Å². The van der Waals surface area contributed by atoms with Gasteiger partial charge in [0, 0.05) is 11.5 Å². The highest BCUT2D eigenvalue weighted by atomic mass is 16.5. The van der Waals surface area contributed by atoms with Crippen molar-refractivity contribution in [1.29, 1.82) is 0 Å². The predicted octanol–water partition coefficient (Wildman–Crippen LogP) is 1.96. The quantitative estimate of drug-likeness (QED) is 0.860. The molecule has 1 aromatic rings. The fraction of sp³-hybridized carbons (Fsp3) is 0.643. The first kappa shape index (κ1) is 14.6. The lowest BCUT2D eigenvalue weighted by Gasteiger charge is -2.13. The van der Waals surface area contributed by atoms with Crippen LogP contribution in [0.2, 0.25) is 0 Å². The maximum Gasteiger partial charge on any atom is 0.326 e. The minimum atomic E-state index is -1.01. The smallest absolute Gasteiger partial charge is 0.326 e. The van der Waals surface area contributed by atoms with Gasteiger partial charge in [0.15, 0.2) is 5.69 Å². The van der Waals surface area contributed by atoms with Crippen LogP contribution in [0.3, 0.4) is 0 Å². The van der Waals surface area contributed by atoms with E-state index in [-0.39, 0.29) is 11.1 Å². The molecule has 0 aromatic carbocycles. The summed E-state index contributed by atoms with van der Waals surface area (Å²) < 4.78 is 5.13. The molecule has 6 heteroatoms. The molecule has 20 heavy (non-hydrogen) atoms. The third-order valence-electron chi connectivity index (χ3n) is 3.35. The molecule has 110 valence electrons. The molecular formula is C14H20N2O4. The molecule has 1 aliphatic rings. The summed E-state index contributed by atoms with van der Waals surface area (Å²) in [6.45, 7) is 5.84. The van der Waals surface area contributed by atoms with Gasteiger partial charge in [-0.25, -0.2) is 4.79 Å². The van der Waals surface area contributed by atoms with E-state index < -0.39 is 17.9 Å². The van der Waals surface area contributed by atoms with E-state index in [9.17, 15) is 9.59 Å². The monoisotopic (exact) mass is 280 g/mol. The molecule has 1 heterocycles. The first-order valence-corrected chi connectivity index (χ1v) is 6.78. The molecule has 1 saturated carbocycles. The van der Waals surface area contributed by atoms with Crippen LogP contribution in [0.15, 0.2) is 10.6 Å². The van der Waals surface area contributed by atoms with Gasteiger partial charge in [0.25, 0.3) is 5.91 Å². The number of aliphatic carboxylic acids is 1. The Morgan fingerprint density at radius 3 is 2.60 bits per heavy atom. The second-order valence-electron chi connectivity index (χ2n) is 6.37. The average molecular weight is 280 g/mol. The number of hydrogen-bond acceptors (Lipinski definition) is 4. The number of hydrogen-bond donors (Lipinski definition) is 2. The van der Waals surface area contributed by atoms with Gasteiger partial charge in [-0.2, -0.15) is 0 Å². The molecule has 0 radical (unpaired) electrons. The number of nitrogens with one attached hydrogen (secondary N) is 1. The van der Waals surface area contributed by atoms with Crippen LogP contribution in [-0.4, -0.2) is 28.2 Å². The summed E-state index contributed by atoms with van der Waals surface area (Å²) in [5.41, 5.74) is -0.122. The number of carboxylic acids is 1. The van der Waals surface area contributed by atoms with Crippen molar-refractivity contribution in [1.82, 2.24) is 10.5 Å². The minimum absolute atomic E-state index is 0.122. The van der Waals surface area contributed by atoms with Gasteiger partial charge < -0.3 is 14.9 Å². The van der Waals surface area contributed by atoms with Gasteiger partial charge in [0.1, 0.15) is 11.8 Å². The molecule has 1 atom stereocenters. The Balaban J connectivity index is 2.02. The summed E-state index contributed by atoms with van der Waals surface area (Å²) >= 11 is 0. The maximum absolute atomic E-state index is 12.0. The number of carbonyl (C=O) groups excluding carboxylic acids is 1. The molecule has 1 aliphatic carbocycles. The first-order valence-electron chi connectivity index (χ1n) is 6.78. The van der Waals surface area contributed by atoms with Gasteiger partial charge in [-0.15, -0.1) is 0 Å². The third kappa shape index (κ3) is 3.59. The van der Waals surface area contributed by atoms with Crippen LogP contribution < -0.4 is 5.32 Å². The van der Waals surface area contributed by atoms with E-state index in [4.69, 9.17) is 9.63 Å². The molecule has 1 aromatic heterocycles. The standard InChI is InChI=1S/C14H20N2O4/c1-14(2,3)11-7-9(16-20-11)12(17)15-10(13(18)19)6-8-4-5-8/h7-8,10H,4-6H2,1-3H3,(H,15,17)(H,18,19). The Bertz CT molecular complexity index is 511. The summed E-state index contributed by atoms with van der Waals surface area (Å²) in [4.78, 5) is 23.1. The minimum Gasteiger partial charge on any atom is -0.480 e. The zero-order valence-corrected chi connectivity index (χ0v) is 12.0. The molecular weight excluding hydrogens is 260 g/mol. The number of aromatic nitrogens is 1. The topological polar surface area (TPSA) is 92.4 Å². The van der Waals surface area contributed by atoms with Gasteiger partial charge in [0.05, 0.1) is 0 Å². The molecule has 0 bridgehead atoms. The summed E-state index contributed by atoms with van der Waals surface area (Å²) in [6, 6.07) is 0.704. The maximum atomic E-state index is 12.0. The van der Waals surface area contributed by atoms with Gasteiger partial charge >= 0.3 is 5.97 Å². The van der Waals surface area contributed by atoms with Crippen LogP contribution >= 0.6 is 0 Å². The van der Waals surface area contributed by atoms with Gasteiger partial charge in [-0.1, -0.05) is 38.8 Å². The molecule has 1 amide bonds. The van der Waals surface area contributed by atoms with Crippen molar-refractivity contribution in [2.45, 2.75) is 51.5 Å². The SMILES string of the molecule is CC(C)(C)c1cc(C(=O)NC(CC2CC2)C(=O)O)no1. The van der Waals surface area contributed by atoms with Crippen LogP contribution in [0.1, 0.15) is 56.3 Å². The van der Waals surface area contributed by atoms with E-state index >= 15 is 0 Å². The van der Waals surface area contributed by atoms with Crippen molar-refractivity contribution in [3.05, 3.63) is 17.5 Å². The van der Waals surface area contributed by atoms with Crippen LogP contribution in [0.5, 0.6) is 0 Å². The number of nitrogens with zero attached hydrogens (tertiary/aromatic N) is 1. The molecule has 2 rings (SSSR count). The van der Waals surface area contributed by atoms with E-state index in [1.807, 2.05) is 20.8 Å². The Morgan fingerprint density at radius 2 is 2.15 bits per heavy atom. The molecule has 1 fully saturated rings. The highest BCUT2D eigenvalue weighted by molar-refractivity contribution is 5.94. The molecule has 6 nitrogen and oxygen atoms in total. The summed E-state index contributed by atoms with van der Waals surface area (Å²) in [5.74, 6) is -0.502. The number of carboxylic acid groups (broad SMARTS) is 1. The largest absolute Gasteiger partial charge is 0.480 e. The molecule has 1 unspecified atom stereocenters. The first-order chi connectivity index (χ1) is 9.27. The summed E-state index contributed by atoms with van der Waals surface area (Å²) in [6.07, 6.45) is 2.56. The number of rotatable bonds is 5. The highest BCUT2D eigenvalue weighted by Crippen LogP contribution is 2.33. The molecule has 0 saturated heterocycles. The molecule has 0 spiro atoms. The predicted molar refractivity (Wildman–Crippen MR) is 71.4 cm³/mol. The lowest BCUT2D eigenvalue weighted by molar-refractivity contribution is -0.139. The summed E-state index contributed by atoms with van der Waals surface area (Å²) in [7, 11) is 0. The van der Waals surface area contributed by atoms with Crippen molar-refractivity contribution >= 4 is 11.9 Å². The van der Waals surface area contributed by atoms with Crippen LogP contribution in [0.4, 0.5) is 0 Å². The van der Waals surface area contributed by atoms with Crippen LogP contribution in [0.25, 0.3) is 0 Å². The Labute approximate surface area is 117 Å². The normalized spacial score (nSPS) is 16.8. The van der Waals surface area contributed by atoms with E-state index in [0.717, 1.165) is 12.8 Å². The zero-order chi connectivity index (χ0) is 14.9. The molecule has 2 N–H and O–H groups in total. The fourth-order valence-electron chi connectivity index (χ4n) is 1.88. The van der Waals surface area contributed by atoms with Crippen LogP contribution in [0, 0.1) is 5.92 Å². The lowest BCUT2D eigenvalue weighted by atomic mass is 9.93. The highest BCUT2D eigenvalue weighted by Gasteiger charge is 2.31. The zero-order valence-electron chi connectivity index (χ0n) is 12.0. The number of carbonyl (C=O) groups is 2. The van der Waals surface area contributed by atoms with E-state index in [2.05, 4.69) is 10.5 Å². The van der Waals surface area contributed by atoms with Crippen molar-refractivity contribution in [2.75, 3.05) is 0 Å². The fourth-order valence-corrected chi connectivity index (χ4v) is 1.88. The molecule has 0 aliphatic heterocycles. The Morgan fingerprint density at radius 1 is 1.50 bits per heavy atom.